The smallest absolute Gasteiger partial charge is 0.256 e. The topological polar surface area (TPSA) is 44.8 Å². The molecule has 1 N–H and O–H groups in total. The number of carbonyl (C=O) groups excluding carboxylic acids is 1. The summed E-state index contributed by atoms with van der Waals surface area (Å²) in [5.74, 6) is 1.01. The van der Waals surface area contributed by atoms with Crippen molar-refractivity contribution in [2.24, 2.45) is 0 Å². The average molecular weight is 380 g/mol. The highest BCUT2D eigenvalue weighted by molar-refractivity contribution is 6.00. The molecule has 2 heterocycles. The molecule has 2 aliphatic heterocycles. The van der Waals surface area contributed by atoms with Crippen molar-refractivity contribution in [3.8, 4) is 5.75 Å². The van der Waals surface area contributed by atoms with Gasteiger partial charge in [0.25, 0.3) is 5.91 Å². The Labute approximate surface area is 167 Å². The van der Waals surface area contributed by atoms with Crippen molar-refractivity contribution in [3.63, 3.8) is 0 Å². The highest BCUT2D eigenvalue weighted by Crippen LogP contribution is 2.27. The molecule has 28 heavy (non-hydrogen) atoms. The lowest BCUT2D eigenvalue weighted by Gasteiger charge is -2.34. The van der Waals surface area contributed by atoms with Crippen molar-refractivity contribution < 1.29 is 9.53 Å². The number of hydrogen-bond acceptors (Lipinski definition) is 4. The number of para-hydroxylation sites is 1. The number of rotatable bonds is 5. The molecule has 0 aromatic heterocycles. The van der Waals surface area contributed by atoms with E-state index < -0.39 is 0 Å². The van der Waals surface area contributed by atoms with Gasteiger partial charge >= 0.3 is 0 Å². The zero-order valence-corrected chi connectivity index (χ0v) is 16.6. The van der Waals surface area contributed by atoms with Crippen molar-refractivity contribution in [3.05, 3.63) is 54.1 Å². The van der Waals surface area contributed by atoms with Gasteiger partial charge in [-0.1, -0.05) is 12.1 Å². The molecule has 5 nitrogen and oxygen atoms in total. The van der Waals surface area contributed by atoms with Gasteiger partial charge in [-0.2, -0.15) is 0 Å². The standard InChI is InChI=1S/C23H29N3O2/c1-28-20-12-10-18(11-13-20)24-19-7-6-16-26(17-19)23(27)21-8-2-3-9-22(21)25-14-4-5-15-25/h2-3,8-13,19,24H,4-7,14-17H2,1H3/t19-/m1/s1. The zero-order chi connectivity index (χ0) is 19.3. The second-order valence-corrected chi connectivity index (χ2v) is 7.67. The van der Waals surface area contributed by atoms with Gasteiger partial charge in [0.2, 0.25) is 0 Å². The summed E-state index contributed by atoms with van der Waals surface area (Å²) in [6.45, 7) is 3.66. The van der Waals surface area contributed by atoms with Gasteiger partial charge in [0.05, 0.1) is 12.7 Å². The summed E-state index contributed by atoms with van der Waals surface area (Å²) >= 11 is 0. The molecule has 2 aromatic carbocycles. The number of likely N-dealkylation sites (tertiary alicyclic amines) is 1. The fraction of sp³-hybridized carbons (Fsp3) is 0.435. The van der Waals surface area contributed by atoms with Gasteiger partial charge in [0, 0.05) is 43.6 Å². The van der Waals surface area contributed by atoms with Crippen LogP contribution in [0.25, 0.3) is 0 Å². The Balaban J connectivity index is 1.45. The maximum Gasteiger partial charge on any atom is 0.256 e. The molecule has 0 saturated carbocycles. The third-order valence-corrected chi connectivity index (χ3v) is 5.75. The monoisotopic (exact) mass is 379 g/mol. The van der Waals surface area contributed by atoms with Crippen LogP contribution in [0.2, 0.25) is 0 Å². The van der Waals surface area contributed by atoms with Crippen molar-refractivity contribution in [2.75, 3.05) is 43.5 Å². The molecule has 1 atom stereocenters. The van der Waals surface area contributed by atoms with E-state index in [-0.39, 0.29) is 11.9 Å². The zero-order valence-electron chi connectivity index (χ0n) is 16.6. The Morgan fingerprint density at radius 3 is 2.50 bits per heavy atom. The largest absolute Gasteiger partial charge is 0.497 e. The van der Waals surface area contributed by atoms with E-state index in [0.717, 1.165) is 61.7 Å². The summed E-state index contributed by atoms with van der Waals surface area (Å²) in [6.07, 6.45) is 4.51. The number of nitrogens with one attached hydrogen (secondary N) is 1. The first-order valence-electron chi connectivity index (χ1n) is 10.3. The van der Waals surface area contributed by atoms with Crippen LogP contribution >= 0.6 is 0 Å². The molecule has 0 unspecified atom stereocenters. The van der Waals surface area contributed by atoms with Crippen LogP contribution < -0.4 is 15.0 Å². The van der Waals surface area contributed by atoms with E-state index in [4.69, 9.17) is 4.74 Å². The number of carbonyl (C=O) groups is 1. The predicted molar refractivity (Wildman–Crippen MR) is 113 cm³/mol. The quantitative estimate of drug-likeness (QED) is 0.852. The molecule has 0 radical (unpaired) electrons. The van der Waals surface area contributed by atoms with E-state index in [0.29, 0.717) is 0 Å². The molecular weight excluding hydrogens is 350 g/mol. The maximum absolute atomic E-state index is 13.3. The Bertz CT molecular complexity index is 800. The SMILES string of the molecule is COc1ccc(N[C@@H]2CCCN(C(=O)c3ccccc3N3CCCC3)C2)cc1. The molecule has 2 fully saturated rings. The van der Waals surface area contributed by atoms with E-state index in [1.54, 1.807) is 7.11 Å². The second kappa shape index (κ2) is 8.55. The second-order valence-electron chi connectivity index (χ2n) is 7.67. The molecule has 2 aliphatic rings. The first kappa shape index (κ1) is 18.7. The summed E-state index contributed by atoms with van der Waals surface area (Å²) < 4.78 is 5.23. The molecule has 0 aliphatic carbocycles. The normalized spacial score (nSPS) is 19.5. The first-order valence-corrected chi connectivity index (χ1v) is 10.3. The van der Waals surface area contributed by atoms with Gasteiger partial charge in [-0.05, 0) is 62.1 Å². The minimum absolute atomic E-state index is 0.156. The van der Waals surface area contributed by atoms with Crippen LogP contribution in [0.4, 0.5) is 11.4 Å². The number of amides is 1. The fourth-order valence-electron chi connectivity index (χ4n) is 4.26. The number of benzene rings is 2. The molecule has 1 amide bonds. The summed E-state index contributed by atoms with van der Waals surface area (Å²) in [4.78, 5) is 17.7. The van der Waals surface area contributed by atoms with Gasteiger partial charge in [-0.15, -0.1) is 0 Å². The number of piperidine rings is 1. The number of anilines is 2. The van der Waals surface area contributed by atoms with Crippen molar-refractivity contribution in [1.82, 2.24) is 4.90 Å². The minimum Gasteiger partial charge on any atom is -0.497 e. The van der Waals surface area contributed by atoms with Crippen LogP contribution in [-0.4, -0.2) is 50.1 Å². The molecule has 4 rings (SSSR count). The molecule has 0 spiro atoms. The lowest BCUT2D eigenvalue weighted by Crippen LogP contribution is -2.45. The van der Waals surface area contributed by atoms with E-state index >= 15 is 0 Å². The molecule has 2 aromatic rings. The van der Waals surface area contributed by atoms with Crippen LogP contribution in [-0.2, 0) is 0 Å². The van der Waals surface area contributed by atoms with Crippen LogP contribution in [0.15, 0.2) is 48.5 Å². The minimum atomic E-state index is 0.156. The van der Waals surface area contributed by atoms with Crippen LogP contribution in [0.3, 0.4) is 0 Å². The third kappa shape index (κ3) is 4.08. The number of hydrogen-bond donors (Lipinski definition) is 1. The molecule has 148 valence electrons. The van der Waals surface area contributed by atoms with Gasteiger partial charge < -0.3 is 19.9 Å². The first-order chi connectivity index (χ1) is 13.7. The predicted octanol–water partition coefficient (Wildman–Crippen LogP) is 4.01. The molecule has 0 bridgehead atoms. The summed E-state index contributed by atoms with van der Waals surface area (Å²) in [7, 11) is 1.67. The Kier molecular flexibility index (Phi) is 5.70. The van der Waals surface area contributed by atoms with Crippen molar-refractivity contribution in [1.29, 1.82) is 0 Å². The molecule has 2 saturated heterocycles. The van der Waals surface area contributed by atoms with Gasteiger partial charge in [0.1, 0.15) is 5.75 Å². The van der Waals surface area contributed by atoms with E-state index in [2.05, 4.69) is 16.3 Å². The third-order valence-electron chi connectivity index (χ3n) is 5.75. The maximum atomic E-state index is 13.3. The highest BCUT2D eigenvalue weighted by atomic mass is 16.5. The van der Waals surface area contributed by atoms with E-state index in [9.17, 15) is 4.79 Å². The Morgan fingerprint density at radius 1 is 1.00 bits per heavy atom. The van der Waals surface area contributed by atoms with Crippen molar-refractivity contribution >= 4 is 17.3 Å². The van der Waals surface area contributed by atoms with Gasteiger partial charge in [-0.3, -0.25) is 4.79 Å². The molecular formula is C23H29N3O2. The summed E-state index contributed by atoms with van der Waals surface area (Å²) in [5.41, 5.74) is 3.00. The lowest BCUT2D eigenvalue weighted by atomic mass is 10.0. The van der Waals surface area contributed by atoms with Crippen LogP contribution in [0.1, 0.15) is 36.0 Å². The van der Waals surface area contributed by atoms with Crippen LogP contribution in [0, 0.1) is 0 Å². The van der Waals surface area contributed by atoms with E-state index in [1.165, 1.54) is 12.8 Å². The Morgan fingerprint density at radius 2 is 1.75 bits per heavy atom. The van der Waals surface area contributed by atoms with Crippen molar-refractivity contribution in [2.45, 2.75) is 31.7 Å². The van der Waals surface area contributed by atoms with E-state index in [1.807, 2.05) is 47.4 Å². The van der Waals surface area contributed by atoms with Gasteiger partial charge in [-0.25, -0.2) is 0 Å². The van der Waals surface area contributed by atoms with Crippen LogP contribution in [0.5, 0.6) is 5.75 Å². The number of nitrogens with zero attached hydrogens (tertiary/aromatic N) is 2. The molecule has 5 heteroatoms. The Hall–Kier alpha value is -2.69. The number of ether oxygens (including phenoxy) is 1. The average Bonchev–Trinajstić information content (AvgIpc) is 3.29. The van der Waals surface area contributed by atoms with Gasteiger partial charge in [0.15, 0.2) is 0 Å². The number of methoxy groups -OCH3 is 1. The highest BCUT2D eigenvalue weighted by Gasteiger charge is 2.27. The lowest BCUT2D eigenvalue weighted by molar-refractivity contribution is 0.0715. The summed E-state index contributed by atoms with van der Waals surface area (Å²) in [6, 6.07) is 16.3. The summed E-state index contributed by atoms with van der Waals surface area (Å²) in [5, 5.41) is 3.58. The fourth-order valence-corrected chi connectivity index (χ4v) is 4.26.